The third-order valence-electron chi connectivity index (χ3n) is 8.75. The molecule has 0 amide bonds. The SMILES string of the molecule is CC(=O)O.CCCNCc1ccc(CNCCOc2ccc(C#Cc3ccc(Cl)cc3)cc2)cc1.O=Cc1ccc(CNCCOc2ccc(C#Cc3ccc(Cl)cc3)cc2)cc1. The predicted molar refractivity (Wildman–Crippen MR) is 256 cm³/mol. The minimum Gasteiger partial charge on any atom is -0.492 e. The van der Waals surface area contributed by atoms with Crippen molar-refractivity contribution in [2.45, 2.75) is 39.9 Å². The lowest BCUT2D eigenvalue weighted by Gasteiger charge is -2.09. The van der Waals surface area contributed by atoms with Crippen molar-refractivity contribution in [3.8, 4) is 35.2 Å². The van der Waals surface area contributed by atoms with Gasteiger partial charge < -0.3 is 30.5 Å². The Kier molecular flexibility index (Phi) is 22.7. The molecule has 0 radical (unpaired) electrons. The van der Waals surface area contributed by atoms with Crippen LogP contribution in [0.2, 0.25) is 10.0 Å². The van der Waals surface area contributed by atoms with Crippen molar-refractivity contribution < 1.29 is 24.2 Å². The number of carboxylic acids is 1. The molecule has 10 heteroatoms. The topological polar surface area (TPSA) is 109 Å². The first-order valence-corrected chi connectivity index (χ1v) is 21.4. The number of halogens is 2. The molecule has 0 aromatic heterocycles. The van der Waals surface area contributed by atoms with E-state index in [0.29, 0.717) is 23.8 Å². The third kappa shape index (κ3) is 21.3. The molecule has 0 saturated heterocycles. The Bertz CT molecular complexity index is 2360. The second kappa shape index (κ2) is 29.0. The van der Waals surface area contributed by atoms with E-state index in [4.69, 9.17) is 42.6 Å². The van der Waals surface area contributed by atoms with Crippen LogP contribution in [-0.2, 0) is 24.4 Å². The Morgan fingerprint density at radius 1 is 0.524 bits per heavy atom. The molecule has 0 unspecified atom stereocenters. The van der Waals surface area contributed by atoms with E-state index in [2.05, 4.69) is 70.8 Å². The lowest BCUT2D eigenvalue weighted by Crippen LogP contribution is -2.20. The Labute approximate surface area is 382 Å². The maximum atomic E-state index is 10.6. The largest absolute Gasteiger partial charge is 0.492 e. The maximum Gasteiger partial charge on any atom is 0.300 e. The van der Waals surface area contributed by atoms with Gasteiger partial charge in [0.1, 0.15) is 31.0 Å². The number of rotatable bonds is 17. The summed E-state index contributed by atoms with van der Waals surface area (Å²) in [5, 5.41) is 19.0. The highest BCUT2D eigenvalue weighted by Gasteiger charge is 1.99. The lowest BCUT2D eigenvalue weighted by molar-refractivity contribution is -0.134. The molecule has 0 fully saturated rings. The Hall–Kier alpha value is -6.36. The average Bonchev–Trinajstić information content (AvgIpc) is 3.30. The summed E-state index contributed by atoms with van der Waals surface area (Å²) in [6, 6.07) is 46.8. The standard InChI is InChI=1S/C27H29ClN2O.C24H20ClNO2.C2H4O2/c1-2-17-29-20-24-5-7-25(8-6-24)21-30-18-19-31-27-15-11-23(12-16-27)4-3-22-9-13-26(28)14-10-22;25-23-11-7-19(8-12-23)1-2-20-9-13-24(14-10-20)28-16-15-26-17-21-3-5-22(18-27)6-4-21;1-2(3)4/h5-16,29-30H,2,17-21H2,1H3;3-14,18,26H,15-17H2;1H3,(H,3,4). The van der Waals surface area contributed by atoms with Crippen molar-refractivity contribution in [2.24, 2.45) is 0 Å². The first-order valence-electron chi connectivity index (χ1n) is 20.6. The van der Waals surface area contributed by atoms with E-state index in [1.165, 1.54) is 11.1 Å². The highest BCUT2D eigenvalue weighted by molar-refractivity contribution is 6.30. The van der Waals surface area contributed by atoms with E-state index in [0.717, 1.165) is 103 Å². The van der Waals surface area contributed by atoms with Gasteiger partial charge in [0.25, 0.3) is 5.97 Å². The van der Waals surface area contributed by atoms with Crippen molar-refractivity contribution in [2.75, 3.05) is 32.8 Å². The summed E-state index contributed by atoms with van der Waals surface area (Å²) in [4.78, 5) is 19.6. The molecule has 8 nitrogen and oxygen atoms in total. The number of aliphatic carboxylic acids is 1. The van der Waals surface area contributed by atoms with Crippen molar-refractivity contribution >= 4 is 35.5 Å². The maximum absolute atomic E-state index is 10.6. The number of carboxylic acid groups (broad SMARTS) is 1. The van der Waals surface area contributed by atoms with Gasteiger partial charge in [-0.05, 0) is 127 Å². The van der Waals surface area contributed by atoms with Crippen LogP contribution >= 0.6 is 23.2 Å². The summed E-state index contributed by atoms with van der Waals surface area (Å²) in [6.07, 6.45) is 2.01. The highest BCUT2D eigenvalue weighted by Crippen LogP contribution is 2.14. The summed E-state index contributed by atoms with van der Waals surface area (Å²) in [5.74, 6) is 13.4. The van der Waals surface area contributed by atoms with Crippen molar-refractivity contribution in [1.29, 1.82) is 0 Å². The van der Waals surface area contributed by atoms with Crippen LogP contribution in [0.3, 0.4) is 0 Å². The number of aldehydes is 1. The van der Waals surface area contributed by atoms with Crippen LogP contribution in [-0.4, -0.2) is 50.2 Å². The zero-order valence-electron chi connectivity index (χ0n) is 35.6. The van der Waals surface area contributed by atoms with Gasteiger partial charge in [0.2, 0.25) is 0 Å². The molecule has 0 spiro atoms. The Morgan fingerprint density at radius 2 is 0.825 bits per heavy atom. The van der Waals surface area contributed by atoms with Crippen LogP contribution in [0.15, 0.2) is 146 Å². The fourth-order valence-corrected chi connectivity index (χ4v) is 5.72. The van der Waals surface area contributed by atoms with Crippen molar-refractivity contribution in [3.05, 3.63) is 200 Å². The monoisotopic (exact) mass is 881 g/mol. The number of nitrogens with one attached hydrogen (secondary N) is 3. The van der Waals surface area contributed by atoms with Gasteiger partial charge in [-0.15, -0.1) is 0 Å². The van der Waals surface area contributed by atoms with Crippen LogP contribution < -0.4 is 25.4 Å². The molecule has 4 N–H and O–H groups in total. The second-order valence-electron chi connectivity index (χ2n) is 14.0. The quantitative estimate of drug-likeness (QED) is 0.0408. The van der Waals surface area contributed by atoms with E-state index < -0.39 is 5.97 Å². The summed E-state index contributed by atoms with van der Waals surface area (Å²) < 4.78 is 11.6. The van der Waals surface area contributed by atoms with Crippen LogP contribution in [0.1, 0.15) is 69.6 Å². The van der Waals surface area contributed by atoms with E-state index in [1.54, 1.807) is 0 Å². The molecule has 6 aromatic rings. The molecule has 63 heavy (non-hydrogen) atoms. The normalized spacial score (nSPS) is 9.97. The lowest BCUT2D eigenvalue weighted by atomic mass is 10.1. The van der Waals surface area contributed by atoms with Crippen LogP contribution in [0, 0.1) is 23.7 Å². The first kappa shape index (κ1) is 49.3. The average molecular weight is 883 g/mol. The summed E-state index contributed by atoms with van der Waals surface area (Å²) in [6.45, 7) is 9.54. The minimum atomic E-state index is -0.833. The second-order valence-corrected chi connectivity index (χ2v) is 14.9. The fraction of sp³-hybridized carbons (Fsp3) is 0.208. The summed E-state index contributed by atoms with van der Waals surface area (Å²) >= 11 is 11.8. The molecule has 0 heterocycles. The number of carbonyl (C=O) groups is 2. The van der Waals surface area contributed by atoms with E-state index in [1.807, 2.05) is 121 Å². The molecular formula is C53H53Cl2N3O5. The van der Waals surface area contributed by atoms with Gasteiger partial charge in [0.05, 0.1) is 0 Å². The predicted octanol–water partition coefficient (Wildman–Crippen LogP) is 10.2. The molecule has 0 saturated carbocycles. The van der Waals surface area contributed by atoms with Gasteiger partial charge in [-0.1, -0.05) is 102 Å². The molecule has 6 rings (SSSR count). The molecule has 0 aliphatic rings. The molecule has 6 aromatic carbocycles. The number of hydrogen-bond acceptors (Lipinski definition) is 7. The molecule has 0 bridgehead atoms. The number of ether oxygens (including phenoxy) is 2. The molecular weight excluding hydrogens is 830 g/mol. The van der Waals surface area contributed by atoms with Crippen LogP contribution in [0.5, 0.6) is 11.5 Å². The third-order valence-corrected chi connectivity index (χ3v) is 9.25. The van der Waals surface area contributed by atoms with Gasteiger partial charge >= 0.3 is 0 Å². The van der Waals surface area contributed by atoms with E-state index in [-0.39, 0.29) is 0 Å². The fourth-order valence-electron chi connectivity index (χ4n) is 5.47. The minimum absolute atomic E-state index is 0.572. The zero-order chi connectivity index (χ0) is 44.9. The van der Waals surface area contributed by atoms with E-state index in [9.17, 15) is 4.79 Å². The molecule has 0 aliphatic heterocycles. The Balaban J connectivity index is 0.000000256. The summed E-state index contributed by atoms with van der Waals surface area (Å²) in [7, 11) is 0. The number of benzene rings is 6. The van der Waals surface area contributed by atoms with Crippen LogP contribution in [0.25, 0.3) is 0 Å². The Morgan fingerprint density at radius 3 is 1.14 bits per heavy atom. The highest BCUT2D eigenvalue weighted by atomic mass is 35.5. The van der Waals surface area contributed by atoms with Crippen molar-refractivity contribution in [3.63, 3.8) is 0 Å². The van der Waals surface area contributed by atoms with E-state index >= 15 is 0 Å². The van der Waals surface area contributed by atoms with Gasteiger partial charge in [-0.2, -0.15) is 0 Å². The van der Waals surface area contributed by atoms with Crippen molar-refractivity contribution in [1.82, 2.24) is 16.0 Å². The van der Waals surface area contributed by atoms with Gasteiger partial charge in [0.15, 0.2) is 0 Å². The van der Waals surface area contributed by atoms with Gasteiger partial charge in [0, 0.05) is 77.5 Å². The molecule has 324 valence electrons. The first-order chi connectivity index (χ1) is 30.7. The van der Waals surface area contributed by atoms with Gasteiger partial charge in [-0.3, -0.25) is 9.59 Å². The molecule has 0 atom stereocenters. The summed E-state index contributed by atoms with van der Waals surface area (Å²) in [5.41, 5.74) is 8.18. The van der Waals surface area contributed by atoms with Crippen LogP contribution in [0.4, 0.5) is 0 Å². The zero-order valence-corrected chi connectivity index (χ0v) is 37.1. The molecule has 0 aliphatic carbocycles. The number of hydrogen-bond donors (Lipinski definition) is 4. The smallest absolute Gasteiger partial charge is 0.300 e. The van der Waals surface area contributed by atoms with Gasteiger partial charge in [-0.25, -0.2) is 0 Å². The number of carbonyl (C=O) groups excluding carboxylic acids is 1.